The average Bonchev–Trinajstić information content (AvgIpc) is 2.69. The first-order valence-corrected chi connectivity index (χ1v) is 10.7. The molecule has 0 radical (unpaired) electrons. The molecule has 2 aromatic rings. The normalized spacial score (nSPS) is 15.9. The van der Waals surface area contributed by atoms with Gasteiger partial charge in [-0.25, -0.2) is 8.42 Å². The van der Waals surface area contributed by atoms with Crippen molar-refractivity contribution in [1.82, 2.24) is 9.21 Å². The van der Waals surface area contributed by atoms with Crippen molar-refractivity contribution >= 4 is 27.5 Å². The predicted octanol–water partition coefficient (Wildman–Crippen LogP) is 3.37. The van der Waals surface area contributed by atoms with Gasteiger partial charge in [0.15, 0.2) is 0 Å². The molecule has 0 N–H and O–H groups in total. The highest BCUT2D eigenvalue weighted by Gasteiger charge is 2.28. The Morgan fingerprint density at radius 2 is 1.67 bits per heavy atom. The molecule has 0 atom stereocenters. The Kier molecular flexibility index (Phi) is 6.19. The number of likely N-dealkylation sites (N-methyl/N-ethyl adjacent to an activating group) is 1. The van der Waals surface area contributed by atoms with Crippen LogP contribution >= 0.6 is 11.6 Å². The molecule has 1 aliphatic heterocycles. The van der Waals surface area contributed by atoms with Gasteiger partial charge >= 0.3 is 0 Å². The minimum Gasteiger partial charge on any atom is -0.342 e. The number of sulfonamides is 1. The maximum absolute atomic E-state index is 12.6. The fourth-order valence-electron chi connectivity index (χ4n) is 3.35. The average molecular weight is 407 g/mol. The van der Waals surface area contributed by atoms with Crippen LogP contribution in [0.5, 0.6) is 0 Å². The second kappa shape index (κ2) is 8.42. The summed E-state index contributed by atoms with van der Waals surface area (Å²) in [6.07, 6.45) is 1.78. The molecule has 5 nitrogen and oxygen atoms in total. The predicted molar refractivity (Wildman–Crippen MR) is 106 cm³/mol. The van der Waals surface area contributed by atoms with Crippen molar-refractivity contribution in [3.05, 3.63) is 65.2 Å². The Bertz CT molecular complexity index is 877. The first-order chi connectivity index (χ1) is 12.9. The van der Waals surface area contributed by atoms with E-state index in [1.807, 2.05) is 18.2 Å². The zero-order valence-electron chi connectivity index (χ0n) is 15.2. The first-order valence-electron chi connectivity index (χ1n) is 8.92. The molecule has 0 aliphatic carbocycles. The second-order valence-corrected chi connectivity index (χ2v) is 9.26. The quantitative estimate of drug-likeness (QED) is 0.764. The lowest BCUT2D eigenvalue weighted by Crippen LogP contribution is -2.44. The summed E-state index contributed by atoms with van der Waals surface area (Å²) in [5.74, 6) is 0.285. The number of rotatable bonds is 5. The van der Waals surface area contributed by atoms with E-state index < -0.39 is 10.0 Å². The molecular formula is C20H23ClN2O3S. The van der Waals surface area contributed by atoms with Crippen molar-refractivity contribution in [1.29, 1.82) is 0 Å². The summed E-state index contributed by atoms with van der Waals surface area (Å²) in [6, 6.07) is 16.3. The molecule has 1 fully saturated rings. The van der Waals surface area contributed by atoms with Gasteiger partial charge in [0.1, 0.15) is 0 Å². The number of carbonyl (C=O) groups excluding carboxylic acids is 1. The zero-order chi connectivity index (χ0) is 19.4. The second-order valence-electron chi connectivity index (χ2n) is 6.78. The number of nitrogens with zero attached hydrogens (tertiary/aromatic N) is 2. The number of piperidine rings is 1. The van der Waals surface area contributed by atoms with Crippen molar-refractivity contribution in [2.24, 2.45) is 0 Å². The van der Waals surface area contributed by atoms with Crippen LogP contribution in [0.1, 0.15) is 24.3 Å². The Labute approximate surface area is 165 Å². The molecule has 0 aromatic heterocycles. The maximum Gasteiger partial charge on any atom is 0.243 e. The third kappa shape index (κ3) is 4.69. The molecule has 0 unspecified atom stereocenters. The smallest absolute Gasteiger partial charge is 0.243 e. The van der Waals surface area contributed by atoms with Crippen molar-refractivity contribution in [2.75, 3.05) is 26.7 Å². The van der Waals surface area contributed by atoms with E-state index in [1.54, 1.807) is 4.90 Å². The van der Waals surface area contributed by atoms with Crippen molar-refractivity contribution in [2.45, 2.75) is 23.7 Å². The van der Waals surface area contributed by atoms with Crippen molar-refractivity contribution < 1.29 is 13.2 Å². The Morgan fingerprint density at radius 1 is 1.07 bits per heavy atom. The molecule has 1 amide bonds. The van der Waals surface area contributed by atoms with E-state index in [0.29, 0.717) is 24.0 Å². The molecule has 1 aliphatic rings. The van der Waals surface area contributed by atoms with Gasteiger partial charge in [-0.2, -0.15) is 4.31 Å². The summed E-state index contributed by atoms with van der Waals surface area (Å²) in [7, 11) is -2.29. The van der Waals surface area contributed by atoms with Crippen LogP contribution in [0.15, 0.2) is 59.5 Å². The molecular weight excluding hydrogens is 384 g/mol. The number of halogens is 1. The lowest BCUT2D eigenvalue weighted by molar-refractivity contribution is -0.132. The van der Waals surface area contributed by atoms with E-state index in [1.165, 1.54) is 36.9 Å². The molecule has 27 heavy (non-hydrogen) atoms. The largest absolute Gasteiger partial charge is 0.342 e. The highest BCUT2D eigenvalue weighted by Crippen LogP contribution is 2.28. The number of amides is 1. The number of benzene rings is 2. The Morgan fingerprint density at radius 3 is 2.26 bits per heavy atom. The zero-order valence-corrected chi connectivity index (χ0v) is 16.8. The summed E-state index contributed by atoms with van der Waals surface area (Å²) >= 11 is 5.81. The van der Waals surface area contributed by atoms with Gasteiger partial charge in [-0.3, -0.25) is 4.79 Å². The van der Waals surface area contributed by atoms with Crippen LogP contribution in [-0.4, -0.2) is 50.2 Å². The Hall–Kier alpha value is -1.89. The van der Waals surface area contributed by atoms with Gasteiger partial charge in [-0.1, -0.05) is 41.9 Å². The van der Waals surface area contributed by atoms with Crippen LogP contribution in [0.3, 0.4) is 0 Å². The molecule has 7 heteroatoms. The van der Waals surface area contributed by atoms with Crippen LogP contribution in [0, 0.1) is 0 Å². The molecule has 0 saturated carbocycles. The SMILES string of the molecule is CN(CC(=O)N1CCC(c2ccccc2)CC1)S(=O)(=O)c1ccc(Cl)cc1. The molecule has 3 rings (SSSR count). The maximum atomic E-state index is 12.6. The molecule has 0 bridgehead atoms. The van der Waals surface area contributed by atoms with E-state index in [4.69, 9.17) is 11.6 Å². The van der Waals surface area contributed by atoms with Gasteiger partial charge in [0.05, 0.1) is 11.4 Å². The summed E-state index contributed by atoms with van der Waals surface area (Å²) in [4.78, 5) is 14.5. The van der Waals surface area contributed by atoms with Crippen LogP contribution in [-0.2, 0) is 14.8 Å². The third-order valence-corrected chi connectivity index (χ3v) is 7.07. The highest BCUT2D eigenvalue weighted by atomic mass is 35.5. The van der Waals surface area contributed by atoms with Gasteiger partial charge in [0.2, 0.25) is 15.9 Å². The summed E-state index contributed by atoms with van der Waals surface area (Å²) < 4.78 is 26.3. The minimum atomic E-state index is -3.72. The number of likely N-dealkylation sites (tertiary alicyclic amines) is 1. The fraction of sp³-hybridized carbons (Fsp3) is 0.350. The van der Waals surface area contributed by atoms with Crippen LogP contribution in [0.4, 0.5) is 0 Å². The van der Waals surface area contributed by atoms with Crippen LogP contribution < -0.4 is 0 Å². The highest BCUT2D eigenvalue weighted by molar-refractivity contribution is 7.89. The third-order valence-electron chi connectivity index (χ3n) is 5.00. The lowest BCUT2D eigenvalue weighted by Gasteiger charge is -2.33. The van der Waals surface area contributed by atoms with E-state index in [-0.39, 0.29) is 17.3 Å². The number of hydrogen-bond acceptors (Lipinski definition) is 3. The van der Waals surface area contributed by atoms with Crippen LogP contribution in [0.2, 0.25) is 5.02 Å². The summed E-state index contributed by atoms with van der Waals surface area (Å²) in [5.41, 5.74) is 1.30. The van der Waals surface area contributed by atoms with Gasteiger partial charge in [0.25, 0.3) is 0 Å². The van der Waals surface area contributed by atoms with Crippen LogP contribution in [0.25, 0.3) is 0 Å². The number of hydrogen-bond donors (Lipinski definition) is 0. The van der Waals surface area contributed by atoms with Gasteiger partial charge < -0.3 is 4.90 Å². The molecule has 1 saturated heterocycles. The van der Waals surface area contributed by atoms with E-state index in [0.717, 1.165) is 17.1 Å². The summed E-state index contributed by atoms with van der Waals surface area (Å²) in [6.45, 7) is 1.13. The van der Waals surface area contributed by atoms with Gasteiger partial charge in [0, 0.05) is 25.2 Å². The topological polar surface area (TPSA) is 57.7 Å². The molecule has 1 heterocycles. The first kappa shape index (κ1) is 19.9. The Balaban J connectivity index is 1.58. The standard InChI is InChI=1S/C20H23ClN2O3S/c1-22(27(25,26)19-9-7-18(21)8-10-19)15-20(24)23-13-11-17(12-14-23)16-5-3-2-4-6-16/h2-10,17H,11-15H2,1H3. The monoisotopic (exact) mass is 406 g/mol. The van der Waals surface area contributed by atoms with Gasteiger partial charge in [-0.15, -0.1) is 0 Å². The van der Waals surface area contributed by atoms with E-state index >= 15 is 0 Å². The van der Waals surface area contributed by atoms with Crippen molar-refractivity contribution in [3.63, 3.8) is 0 Å². The lowest BCUT2D eigenvalue weighted by atomic mass is 9.89. The molecule has 2 aromatic carbocycles. The fourth-order valence-corrected chi connectivity index (χ4v) is 4.60. The summed E-state index contributed by atoms with van der Waals surface area (Å²) in [5, 5.41) is 0.467. The molecule has 0 spiro atoms. The van der Waals surface area contributed by atoms with E-state index in [9.17, 15) is 13.2 Å². The van der Waals surface area contributed by atoms with E-state index in [2.05, 4.69) is 12.1 Å². The van der Waals surface area contributed by atoms with Crippen molar-refractivity contribution in [3.8, 4) is 0 Å². The van der Waals surface area contributed by atoms with Gasteiger partial charge in [-0.05, 0) is 48.6 Å². The number of carbonyl (C=O) groups is 1. The molecule has 144 valence electrons. The minimum absolute atomic E-state index is 0.130.